The highest BCUT2D eigenvalue weighted by Crippen LogP contribution is 2.21. The van der Waals surface area contributed by atoms with Crippen LogP contribution in [0.1, 0.15) is 15.9 Å². The van der Waals surface area contributed by atoms with E-state index in [1.54, 1.807) is 19.2 Å². The predicted octanol–water partition coefficient (Wildman–Crippen LogP) is 3.26. The van der Waals surface area contributed by atoms with Gasteiger partial charge in [-0.3, -0.25) is 14.9 Å². The van der Waals surface area contributed by atoms with Crippen LogP contribution in [0.25, 0.3) is 0 Å². The van der Waals surface area contributed by atoms with Gasteiger partial charge in [0.05, 0.1) is 10.5 Å². The van der Waals surface area contributed by atoms with E-state index in [2.05, 4.69) is 10.6 Å². The molecule has 2 N–H and O–H groups in total. The molecule has 0 aliphatic heterocycles. The maximum Gasteiger partial charge on any atom is 0.270 e. The molecule has 23 heavy (non-hydrogen) atoms. The second-order valence-corrected chi connectivity index (χ2v) is 5.31. The Labute approximate surface area is 138 Å². The van der Waals surface area contributed by atoms with E-state index in [9.17, 15) is 14.9 Å². The zero-order valence-corrected chi connectivity index (χ0v) is 13.3. The van der Waals surface area contributed by atoms with Gasteiger partial charge in [0.2, 0.25) is 0 Å². The first-order chi connectivity index (χ1) is 11.0. The van der Waals surface area contributed by atoms with Gasteiger partial charge in [0.1, 0.15) is 0 Å². The SMILES string of the molecule is CNc1ccc([N+](=O)[O-])cc1C(=O)NCCc1ccc(Cl)cc1. The van der Waals surface area contributed by atoms with E-state index in [0.717, 1.165) is 5.56 Å². The molecule has 0 saturated carbocycles. The molecule has 2 rings (SSSR count). The lowest BCUT2D eigenvalue weighted by Crippen LogP contribution is -2.26. The van der Waals surface area contributed by atoms with Crippen LogP contribution in [0.3, 0.4) is 0 Å². The molecule has 0 unspecified atom stereocenters. The molecule has 7 heteroatoms. The van der Waals surface area contributed by atoms with Gasteiger partial charge in [-0.2, -0.15) is 0 Å². The van der Waals surface area contributed by atoms with Crippen LogP contribution in [0.15, 0.2) is 42.5 Å². The summed E-state index contributed by atoms with van der Waals surface area (Å²) in [4.78, 5) is 22.6. The number of nitrogens with one attached hydrogen (secondary N) is 2. The van der Waals surface area contributed by atoms with Crippen molar-refractivity contribution in [3.8, 4) is 0 Å². The summed E-state index contributed by atoms with van der Waals surface area (Å²) in [7, 11) is 1.66. The molecule has 6 nitrogen and oxygen atoms in total. The highest BCUT2D eigenvalue weighted by molar-refractivity contribution is 6.30. The average molecular weight is 334 g/mol. The van der Waals surface area contributed by atoms with Gasteiger partial charge in [0.25, 0.3) is 11.6 Å². The lowest BCUT2D eigenvalue weighted by molar-refractivity contribution is -0.384. The second kappa shape index (κ2) is 7.60. The van der Waals surface area contributed by atoms with E-state index in [0.29, 0.717) is 23.7 Å². The minimum atomic E-state index is -0.524. The summed E-state index contributed by atoms with van der Waals surface area (Å²) in [6.45, 7) is 0.423. The molecule has 0 aliphatic rings. The van der Waals surface area contributed by atoms with E-state index in [1.165, 1.54) is 18.2 Å². The Morgan fingerprint density at radius 2 is 1.91 bits per heavy atom. The molecule has 0 radical (unpaired) electrons. The highest BCUT2D eigenvalue weighted by atomic mass is 35.5. The van der Waals surface area contributed by atoms with Gasteiger partial charge >= 0.3 is 0 Å². The van der Waals surface area contributed by atoms with Crippen LogP contribution in [0.4, 0.5) is 11.4 Å². The quantitative estimate of drug-likeness (QED) is 0.627. The smallest absolute Gasteiger partial charge is 0.270 e. The third-order valence-electron chi connectivity index (χ3n) is 3.34. The van der Waals surface area contributed by atoms with Crippen molar-refractivity contribution in [1.82, 2.24) is 5.32 Å². The number of halogens is 1. The molecule has 0 atom stereocenters. The van der Waals surface area contributed by atoms with Gasteiger partial charge < -0.3 is 10.6 Å². The number of rotatable bonds is 6. The van der Waals surface area contributed by atoms with Crippen LogP contribution >= 0.6 is 11.6 Å². The standard InChI is InChI=1S/C16H16ClN3O3/c1-18-15-7-6-13(20(22)23)10-14(15)16(21)19-9-8-11-2-4-12(17)5-3-11/h2-7,10,18H,8-9H2,1H3,(H,19,21). The molecule has 2 aromatic carbocycles. The lowest BCUT2D eigenvalue weighted by atomic mass is 10.1. The fourth-order valence-electron chi connectivity index (χ4n) is 2.12. The molecule has 2 aromatic rings. The molecular weight excluding hydrogens is 318 g/mol. The van der Waals surface area contributed by atoms with Gasteiger partial charge in [-0.05, 0) is 30.2 Å². The number of non-ortho nitro benzene ring substituents is 1. The molecular formula is C16H16ClN3O3. The Kier molecular flexibility index (Phi) is 5.54. The van der Waals surface area contributed by atoms with Crippen molar-refractivity contribution in [2.24, 2.45) is 0 Å². The Morgan fingerprint density at radius 1 is 1.22 bits per heavy atom. The summed E-state index contributed by atoms with van der Waals surface area (Å²) >= 11 is 5.82. The van der Waals surface area contributed by atoms with E-state index in [4.69, 9.17) is 11.6 Å². The summed E-state index contributed by atoms with van der Waals surface area (Å²) in [6, 6.07) is 11.5. The number of hydrogen-bond acceptors (Lipinski definition) is 4. The predicted molar refractivity (Wildman–Crippen MR) is 90.1 cm³/mol. The molecule has 0 heterocycles. The first-order valence-corrected chi connectivity index (χ1v) is 7.38. The van der Waals surface area contributed by atoms with Crippen molar-refractivity contribution in [2.75, 3.05) is 18.9 Å². The van der Waals surface area contributed by atoms with Crippen LogP contribution in [-0.4, -0.2) is 24.4 Å². The van der Waals surface area contributed by atoms with E-state index in [-0.39, 0.29) is 17.2 Å². The highest BCUT2D eigenvalue weighted by Gasteiger charge is 2.15. The van der Waals surface area contributed by atoms with Crippen LogP contribution in [0.2, 0.25) is 5.02 Å². The molecule has 0 spiro atoms. The molecule has 1 amide bonds. The Morgan fingerprint density at radius 3 is 2.52 bits per heavy atom. The molecule has 0 aromatic heterocycles. The zero-order chi connectivity index (χ0) is 16.8. The number of carbonyl (C=O) groups excluding carboxylic acids is 1. The summed E-state index contributed by atoms with van der Waals surface area (Å²) in [6.07, 6.45) is 0.646. The van der Waals surface area contributed by atoms with Gasteiger partial charge in [-0.1, -0.05) is 23.7 Å². The first-order valence-electron chi connectivity index (χ1n) is 7.00. The van der Waals surface area contributed by atoms with Gasteiger partial charge in [-0.15, -0.1) is 0 Å². The second-order valence-electron chi connectivity index (χ2n) is 4.87. The van der Waals surface area contributed by atoms with Crippen LogP contribution in [-0.2, 0) is 6.42 Å². The van der Waals surface area contributed by atoms with Crippen molar-refractivity contribution in [2.45, 2.75) is 6.42 Å². The number of anilines is 1. The van der Waals surface area contributed by atoms with Crippen molar-refractivity contribution in [3.05, 3.63) is 68.7 Å². The largest absolute Gasteiger partial charge is 0.387 e. The maximum atomic E-state index is 12.2. The zero-order valence-electron chi connectivity index (χ0n) is 12.5. The number of amides is 1. The van der Waals surface area contributed by atoms with E-state index < -0.39 is 4.92 Å². The molecule has 0 saturated heterocycles. The van der Waals surface area contributed by atoms with Crippen molar-refractivity contribution in [3.63, 3.8) is 0 Å². The molecule has 0 fully saturated rings. The Hall–Kier alpha value is -2.60. The topological polar surface area (TPSA) is 84.3 Å². The van der Waals surface area contributed by atoms with E-state index >= 15 is 0 Å². The maximum absolute atomic E-state index is 12.2. The minimum Gasteiger partial charge on any atom is -0.387 e. The average Bonchev–Trinajstić information content (AvgIpc) is 2.55. The number of benzene rings is 2. The normalized spacial score (nSPS) is 10.2. The van der Waals surface area contributed by atoms with Gasteiger partial charge in [-0.25, -0.2) is 0 Å². The number of nitro groups is 1. The van der Waals surface area contributed by atoms with Crippen LogP contribution in [0, 0.1) is 10.1 Å². The Bertz CT molecular complexity index is 717. The summed E-state index contributed by atoms with van der Waals surface area (Å²) in [5.74, 6) is -0.355. The molecule has 0 bridgehead atoms. The first kappa shape index (κ1) is 16.8. The van der Waals surface area contributed by atoms with Gasteiger partial charge in [0.15, 0.2) is 0 Å². The summed E-state index contributed by atoms with van der Waals surface area (Å²) < 4.78 is 0. The third kappa shape index (κ3) is 4.43. The fraction of sp³-hybridized carbons (Fsp3) is 0.188. The number of hydrogen-bond donors (Lipinski definition) is 2. The van der Waals surface area contributed by atoms with Gasteiger partial charge in [0, 0.05) is 36.4 Å². The minimum absolute atomic E-state index is 0.119. The number of carbonyl (C=O) groups is 1. The monoisotopic (exact) mass is 333 g/mol. The molecule has 0 aliphatic carbocycles. The number of nitrogens with zero attached hydrogens (tertiary/aromatic N) is 1. The number of nitro benzene ring substituents is 1. The van der Waals surface area contributed by atoms with Crippen molar-refractivity contribution >= 4 is 28.9 Å². The lowest BCUT2D eigenvalue weighted by Gasteiger charge is -2.10. The van der Waals surface area contributed by atoms with Crippen LogP contribution in [0.5, 0.6) is 0 Å². The van der Waals surface area contributed by atoms with Crippen molar-refractivity contribution < 1.29 is 9.72 Å². The fourth-order valence-corrected chi connectivity index (χ4v) is 2.24. The van der Waals surface area contributed by atoms with Crippen molar-refractivity contribution in [1.29, 1.82) is 0 Å². The summed E-state index contributed by atoms with van der Waals surface area (Å²) in [5.41, 5.74) is 1.71. The van der Waals surface area contributed by atoms with E-state index in [1.807, 2.05) is 12.1 Å². The summed E-state index contributed by atoms with van der Waals surface area (Å²) in [5, 5.41) is 17.1. The third-order valence-corrected chi connectivity index (χ3v) is 3.59. The molecule has 120 valence electrons. The Balaban J connectivity index is 2.03. The van der Waals surface area contributed by atoms with Crippen LogP contribution < -0.4 is 10.6 Å².